The fourth-order valence-corrected chi connectivity index (χ4v) is 2.06. The van der Waals surface area contributed by atoms with Crippen LogP contribution in [0.25, 0.3) is 11.4 Å². The molecule has 0 radical (unpaired) electrons. The van der Waals surface area contributed by atoms with Crippen molar-refractivity contribution in [3.63, 3.8) is 0 Å². The molecular formula is C14H18FN3. The van der Waals surface area contributed by atoms with Crippen LogP contribution in [0.1, 0.15) is 25.5 Å². The van der Waals surface area contributed by atoms with E-state index in [0.717, 1.165) is 23.5 Å². The van der Waals surface area contributed by atoms with Gasteiger partial charge < -0.3 is 9.88 Å². The molecule has 4 heteroatoms. The molecule has 0 aliphatic heterocycles. The number of nitrogens with zero attached hydrogens (tertiary/aromatic N) is 2. The molecule has 18 heavy (non-hydrogen) atoms. The molecule has 0 bridgehead atoms. The SMILES string of the molecule is CCn1ccnc1-c1cc(F)ccc1C(C)NC. The van der Waals surface area contributed by atoms with E-state index in [0.29, 0.717) is 0 Å². The maximum absolute atomic E-state index is 13.5. The van der Waals surface area contributed by atoms with Crippen molar-refractivity contribution in [3.8, 4) is 11.4 Å². The van der Waals surface area contributed by atoms with Crippen molar-refractivity contribution >= 4 is 0 Å². The van der Waals surface area contributed by atoms with Crippen LogP contribution in [-0.2, 0) is 6.54 Å². The highest BCUT2D eigenvalue weighted by Gasteiger charge is 2.15. The highest BCUT2D eigenvalue weighted by atomic mass is 19.1. The molecule has 3 nitrogen and oxygen atoms in total. The van der Waals surface area contributed by atoms with E-state index < -0.39 is 0 Å². The second kappa shape index (κ2) is 5.31. The van der Waals surface area contributed by atoms with Crippen LogP contribution in [0.2, 0.25) is 0 Å². The second-order valence-corrected chi connectivity index (χ2v) is 4.28. The van der Waals surface area contributed by atoms with Gasteiger partial charge in [-0.15, -0.1) is 0 Å². The van der Waals surface area contributed by atoms with Gasteiger partial charge in [-0.3, -0.25) is 0 Å². The van der Waals surface area contributed by atoms with E-state index in [1.165, 1.54) is 6.07 Å². The molecule has 0 fully saturated rings. The molecule has 0 saturated carbocycles. The van der Waals surface area contributed by atoms with Crippen molar-refractivity contribution in [3.05, 3.63) is 42.0 Å². The van der Waals surface area contributed by atoms with Crippen molar-refractivity contribution in [1.29, 1.82) is 0 Å². The van der Waals surface area contributed by atoms with Gasteiger partial charge in [0.2, 0.25) is 0 Å². The Morgan fingerprint density at radius 1 is 1.44 bits per heavy atom. The molecule has 1 atom stereocenters. The summed E-state index contributed by atoms with van der Waals surface area (Å²) >= 11 is 0. The van der Waals surface area contributed by atoms with Gasteiger partial charge in [0.15, 0.2) is 0 Å². The first-order valence-corrected chi connectivity index (χ1v) is 6.15. The zero-order valence-corrected chi connectivity index (χ0v) is 10.9. The van der Waals surface area contributed by atoms with Gasteiger partial charge in [0.1, 0.15) is 11.6 Å². The number of rotatable bonds is 4. The van der Waals surface area contributed by atoms with E-state index in [1.807, 2.05) is 30.8 Å². The number of hydrogen-bond acceptors (Lipinski definition) is 2. The van der Waals surface area contributed by atoms with Gasteiger partial charge in [0.25, 0.3) is 0 Å². The molecule has 2 aromatic rings. The topological polar surface area (TPSA) is 29.9 Å². The Morgan fingerprint density at radius 3 is 2.89 bits per heavy atom. The summed E-state index contributed by atoms with van der Waals surface area (Å²) in [5.74, 6) is 0.580. The molecule has 0 spiro atoms. The smallest absolute Gasteiger partial charge is 0.140 e. The number of nitrogens with one attached hydrogen (secondary N) is 1. The largest absolute Gasteiger partial charge is 0.331 e. The first-order valence-electron chi connectivity index (χ1n) is 6.15. The number of aromatic nitrogens is 2. The summed E-state index contributed by atoms with van der Waals surface area (Å²) in [5, 5.41) is 3.18. The van der Waals surface area contributed by atoms with Crippen LogP contribution in [0.4, 0.5) is 4.39 Å². The summed E-state index contributed by atoms with van der Waals surface area (Å²) in [4.78, 5) is 4.34. The summed E-state index contributed by atoms with van der Waals surface area (Å²) in [7, 11) is 1.89. The van der Waals surface area contributed by atoms with E-state index in [9.17, 15) is 4.39 Å². The first kappa shape index (κ1) is 12.8. The molecule has 0 aliphatic rings. The van der Waals surface area contributed by atoms with Crippen LogP contribution in [0.5, 0.6) is 0 Å². The molecule has 1 aromatic heterocycles. The van der Waals surface area contributed by atoms with Crippen molar-refractivity contribution in [2.45, 2.75) is 26.4 Å². The minimum atomic E-state index is -0.234. The third-order valence-electron chi connectivity index (χ3n) is 3.21. The average molecular weight is 247 g/mol. The van der Waals surface area contributed by atoms with Crippen LogP contribution in [0.3, 0.4) is 0 Å². The molecule has 0 amide bonds. The monoisotopic (exact) mass is 247 g/mol. The maximum Gasteiger partial charge on any atom is 0.140 e. The minimum absolute atomic E-state index is 0.155. The molecule has 1 aromatic carbocycles. The molecular weight excluding hydrogens is 229 g/mol. The fourth-order valence-electron chi connectivity index (χ4n) is 2.06. The third kappa shape index (κ3) is 2.29. The van der Waals surface area contributed by atoms with Gasteiger partial charge >= 0.3 is 0 Å². The lowest BCUT2D eigenvalue weighted by atomic mass is 10.0. The van der Waals surface area contributed by atoms with Gasteiger partial charge in [0, 0.05) is 30.5 Å². The second-order valence-electron chi connectivity index (χ2n) is 4.28. The Morgan fingerprint density at radius 2 is 2.22 bits per heavy atom. The lowest BCUT2D eigenvalue weighted by Gasteiger charge is -2.16. The molecule has 0 aliphatic carbocycles. The van der Waals surface area contributed by atoms with Crippen LogP contribution in [-0.4, -0.2) is 16.6 Å². The zero-order chi connectivity index (χ0) is 13.1. The number of halogens is 1. The third-order valence-corrected chi connectivity index (χ3v) is 3.21. The van der Waals surface area contributed by atoms with Gasteiger partial charge in [-0.25, -0.2) is 9.37 Å². The predicted octanol–water partition coefficient (Wildman–Crippen LogP) is 2.99. The Kier molecular flexibility index (Phi) is 3.77. The van der Waals surface area contributed by atoms with E-state index in [1.54, 1.807) is 12.3 Å². The highest BCUT2D eigenvalue weighted by Crippen LogP contribution is 2.27. The van der Waals surface area contributed by atoms with Gasteiger partial charge in [0.05, 0.1) is 0 Å². The van der Waals surface area contributed by atoms with Crippen LogP contribution < -0.4 is 5.32 Å². The van der Waals surface area contributed by atoms with Crippen LogP contribution >= 0.6 is 0 Å². The summed E-state index contributed by atoms with van der Waals surface area (Å²) < 4.78 is 15.5. The maximum atomic E-state index is 13.5. The summed E-state index contributed by atoms with van der Waals surface area (Å²) in [6.07, 6.45) is 3.66. The molecule has 2 rings (SSSR count). The van der Waals surface area contributed by atoms with Gasteiger partial charge in [-0.2, -0.15) is 0 Å². The Hall–Kier alpha value is -1.68. The lowest BCUT2D eigenvalue weighted by molar-refractivity contribution is 0.618. The average Bonchev–Trinajstić information content (AvgIpc) is 2.85. The quantitative estimate of drug-likeness (QED) is 0.900. The molecule has 0 saturated heterocycles. The number of hydrogen-bond donors (Lipinski definition) is 1. The van der Waals surface area contributed by atoms with Gasteiger partial charge in [-0.1, -0.05) is 6.07 Å². The van der Waals surface area contributed by atoms with Crippen LogP contribution in [0.15, 0.2) is 30.6 Å². The van der Waals surface area contributed by atoms with Crippen molar-refractivity contribution in [2.75, 3.05) is 7.05 Å². The Bertz CT molecular complexity index is 534. The minimum Gasteiger partial charge on any atom is -0.331 e. The fraction of sp³-hybridized carbons (Fsp3) is 0.357. The predicted molar refractivity (Wildman–Crippen MR) is 70.8 cm³/mol. The van der Waals surface area contributed by atoms with E-state index in [2.05, 4.69) is 17.2 Å². The van der Waals surface area contributed by atoms with E-state index in [4.69, 9.17) is 0 Å². The Balaban J connectivity index is 2.58. The van der Waals surface area contributed by atoms with Crippen molar-refractivity contribution in [1.82, 2.24) is 14.9 Å². The summed E-state index contributed by atoms with van der Waals surface area (Å²) in [6, 6.07) is 5.02. The number of aryl methyl sites for hydroxylation is 1. The van der Waals surface area contributed by atoms with Crippen molar-refractivity contribution in [2.24, 2.45) is 0 Å². The molecule has 1 unspecified atom stereocenters. The standard InChI is InChI=1S/C14H18FN3/c1-4-18-8-7-17-14(18)13-9-11(15)5-6-12(13)10(2)16-3/h5-10,16H,4H2,1-3H3. The highest BCUT2D eigenvalue weighted by molar-refractivity contribution is 5.61. The summed E-state index contributed by atoms with van der Waals surface area (Å²) in [5.41, 5.74) is 1.91. The first-order chi connectivity index (χ1) is 8.67. The van der Waals surface area contributed by atoms with Crippen LogP contribution in [0, 0.1) is 5.82 Å². The van der Waals surface area contributed by atoms with Crippen molar-refractivity contribution < 1.29 is 4.39 Å². The van der Waals surface area contributed by atoms with E-state index in [-0.39, 0.29) is 11.9 Å². The lowest BCUT2D eigenvalue weighted by Crippen LogP contribution is -2.14. The molecule has 1 heterocycles. The number of benzene rings is 1. The van der Waals surface area contributed by atoms with Gasteiger partial charge in [-0.05, 0) is 38.6 Å². The normalized spacial score (nSPS) is 12.7. The Labute approximate surface area is 107 Å². The summed E-state index contributed by atoms with van der Waals surface area (Å²) in [6.45, 7) is 4.92. The number of imidazole rings is 1. The zero-order valence-electron chi connectivity index (χ0n) is 10.9. The molecule has 96 valence electrons. The van der Waals surface area contributed by atoms with E-state index >= 15 is 0 Å². The molecule has 1 N–H and O–H groups in total.